The summed E-state index contributed by atoms with van der Waals surface area (Å²) < 4.78 is 5.93. The summed E-state index contributed by atoms with van der Waals surface area (Å²) in [7, 11) is 0. The van der Waals surface area contributed by atoms with E-state index in [-0.39, 0.29) is 11.8 Å². The molecule has 1 amide bonds. The van der Waals surface area contributed by atoms with Crippen molar-refractivity contribution in [1.82, 2.24) is 14.8 Å². The van der Waals surface area contributed by atoms with Crippen LogP contribution in [-0.2, 0) is 6.54 Å². The normalized spacial score (nSPS) is 15.3. The lowest BCUT2D eigenvalue weighted by atomic mass is 9.96. The third-order valence-electron chi connectivity index (χ3n) is 5.94. The molecule has 0 radical (unpaired) electrons. The molecule has 29 heavy (non-hydrogen) atoms. The van der Waals surface area contributed by atoms with Gasteiger partial charge in [-0.3, -0.25) is 9.69 Å². The fourth-order valence-corrected chi connectivity index (χ4v) is 4.03. The fourth-order valence-electron chi connectivity index (χ4n) is 4.03. The Bertz CT molecular complexity index is 919. The van der Waals surface area contributed by atoms with Gasteiger partial charge in [0.05, 0.1) is 0 Å². The topological polar surface area (TPSA) is 49.6 Å². The number of likely N-dealkylation sites (tertiary alicyclic amines) is 1. The zero-order chi connectivity index (χ0) is 20.2. The molecule has 1 aromatic heterocycles. The van der Waals surface area contributed by atoms with E-state index in [1.54, 1.807) is 0 Å². The predicted molar refractivity (Wildman–Crippen MR) is 115 cm³/mol. The number of benzene rings is 2. The average Bonchev–Trinajstić information content (AvgIpc) is 3.22. The van der Waals surface area contributed by atoms with Gasteiger partial charge in [-0.25, -0.2) is 4.98 Å². The highest BCUT2D eigenvalue weighted by molar-refractivity contribution is 5.94. The van der Waals surface area contributed by atoms with Crippen molar-refractivity contribution in [2.24, 2.45) is 0 Å². The standard InChI is InChI=1S/C24H29N3O2/c1-3-26(4-2)17-18-9-11-20(12-10-18)24(28)27-15-13-19(14-16-27)23-25-21-7-5-6-8-22(21)29-23/h5-12,19H,3-4,13-17H2,1-2H3. The van der Waals surface area contributed by atoms with Crippen molar-refractivity contribution in [2.45, 2.75) is 39.2 Å². The lowest BCUT2D eigenvalue weighted by molar-refractivity contribution is 0.0706. The number of hydrogen-bond acceptors (Lipinski definition) is 4. The van der Waals surface area contributed by atoms with E-state index in [1.807, 2.05) is 41.3 Å². The van der Waals surface area contributed by atoms with Crippen LogP contribution >= 0.6 is 0 Å². The minimum absolute atomic E-state index is 0.121. The Morgan fingerprint density at radius 3 is 2.41 bits per heavy atom. The Labute approximate surface area is 172 Å². The van der Waals surface area contributed by atoms with Crippen LogP contribution < -0.4 is 0 Å². The van der Waals surface area contributed by atoms with E-state index in [0.29, 0.717) is 0 Å². The molecule has 0 bridgehead atoms. The first-order valence-electron chi connectivity index (χ1n) is 10.6. The molecule has 5 heteroatoms. The second-order valence-corrected chi connectivity index (χ2v) is 7.74. The highest BCUT2D eigenvalue weighted by atomic mass is 16.3. The number of nitrogens with zero attached hydrogens (tertiary/aromatic N) is 3. The van der Waals surface area contributed by atoms with Gasteiger partial charge in [-0.05, 0) is 55.8 Å². The number of fused-ring (bicyclic) bond motifs is 1. The third kappa shape index (κ3) is 4.35. The predicted octanol–water partition coefficient (Wildman–Crippen LogP) is 4.69. The van der Waals surface area contributed by atoms with E-state index in [1.165, 1.54) is 5.56 Å². The number of piperidine rings is 1. The minimum Gasteiger partial charge on any atom is -0.440 e. The van der Waals surface area contributed by atoms with Crippen molar-refractivity contribution in [1.29, 1.82) is 0 Å². The molecule has 1 aliphatic rings. The molecule has 3 aromatic rings. The smallest absolute Gasteiger partial charge is 0.253 e. The van der Waals surface area contributed by atoms with Gasteiger partial charge < -0.3 is 9.32 Å². The van der Waals surface area contributed by atoms with E-state index in [0.717, 1.165) is 68.1 Å². The number of carbonyl (C=O) groups excluding carboxylic acids is 1. The van der Waals surface area contributed by atoms with Crippen LogP contribution in [0.4, 0.5) is 0 Å². The monoisotopic (exact) mass is 391 g/mol. The first-order valence-corrected chi connectivity index (χ1v) is 10.6. The Morgan fingerprint density at radius 1 is 1.07 bits per heavy atom. The first kappa shape index (κ1) is 19.6. The molecule has 0 spiro atoms. The van der Waals surface area contributed by atoms with E-state index >= 15 is 0 Å². The van der Waals surface area contributed by atoms with Gasteiger partial charge in [-0.2, -0.15) is 0 Å². The minimum atomic E-state index is 0.121. The van der Waals surface area contributed by atoms with Gasteiger partial charge in [0.2, 0.25) is 0 Å². The second-order valence-electron chi connectivity index (χ2n) is 7.74. The van der Waals surface area contributed by atoms with E-state index < -0.39 is 0 Å². The quantitative estimate of drug-likeness (QED) is 0.612. The molecule has 2 heterocycles. The summed E-state index contributed by atoms with van der Waals surface area (Å²) in [5, 5.41) is 0. The summed E-state index contributed by atoms with van der Waals surface area (Å²) in [6.45, 7) is 8.82. The van der Waals surface area contributed by atoms with Gasteiger partial charge in [-0.15, -0.1) is 0 Å². The summed E-state index contributed by atoms with van der Waals surface area (Å²) in [6, 6.07) is 16.0. The first-order chi connectivity index (χ1) is 14.2. The highest BCUT2D eigenvalue weighted by Crippen LogP contribution is 2.30. The fraction of sp³-hybridized carbons (Fsp3) is 0.417. The van der Waals surface area contributed by atoms with E-state index in [4.69, 9.17) is 4.42 Å². The molecular formula is C24H29N3O2. The average molecular weight is 392 g/mol. The zero-order valence-electron chi connectivity index (χ0n) is 17.3. The summed E-state index contributed by atoms with van der Waals surface area (Å²) in [6.07, 6.45) is 1.78. The summed E-state index contributed by atoms with van der Waals surface area (Å²) in [5.41, 5.74) is 3.77. The molecule has 0 unspecified atom stereocenters. The van der Waals surface area contributed by atoms with Gasteiger partial charge >= 0.3 is 0 Å². The highest BCUT2D eigenvalue weighted by Gasteiger charge is 2.27. The molecule has 4 rings (SSSR count). The Hall–Kier alpha value is -2.66. The van der Waals surface area contributed by atoms with Crippen molar-refractivity contribution >= 4 is 17.0 Å². The van der Waals surface area contributed by atoms with Crippen LogP contribution in [0.2, 0.25) is 0 Å². The molecule has 5 nitrogen and oxygen atoms in total. The number of amides is 1. The number of para-hydroxylation sites is 2. The van der Waals surface area contributed by atoms with Crippen LogP contribution in [0.3, 0.4) is 0 Å². The Kier molecular flexibility index (Phi) is 5.95. The lowest BCUT2D eigenvalue weighted by Gasteiger charge is -2.30. The van der Waals surface area contributed by atoms with Crippen molar-refractivity contribution in [3.8, 4) is 0 Å². The second kappa shape index (κ2) is 8.78. The van der Waals surface area contributed by atoms with Gasteiger partial charge in [0.25, 0.3) is 5.91 Å². The molecule has 1 saturated heterocycles. The maximum absolute atomic E-state index is 12.9. The van der Waals surface area contributed by atoms with Crippen LogP contribution in [0, 0.1) is 0 Å². The van der Waals surface area contributed by atoms with Gasteiger partial charge in [0.15, 0.2) is 11.5 Å². The summed E-state index contributed by atoms with van der Waals surface area (Å²) in [4.78, 5) is 21.9. The van der Waals surface area contributed by atoms with Crippen LogP contribution in [0.5, 0.6) is 0 Å². The van der Waals surface area contributed by atoms with Crippen LogP contribution in [0.25, 0.3) is 11.1 Å². The van der Waals surface area contributed by atoms with Gasteiger partial charge in [-0.1, -0.05) is 38.1 Å². The van der Waals surface area contributed by atoms with E-state index in [9.17, 15) is 4.79 Å². The van der Waals surface area contributed by atoms with Crippen LogP contribution in [0.1, 0.15) is 54.4 Å². The van der Waals surface area contributed by atoms with E-state index in [2.05, 4.69) is 35.9 Å². The molecule has 2 aromatic carbocycles. The number of hydrogen-bond donors (Lipinski definition) is 0. The molecule has 1 fully saturated rings. The van der Waals surface area contributed by atoms with Crippen LogP contribution in [0.15, 0.2) is 52.9 Å². The molecule has 1 aliphatic heterocycles. The molecule has 0 atom stereocenters. The maximum atomic E-state index is 12.9. The molecule has 152 valence electrons. The Morgan fingerprint density at radius 2 is 1.76 bits per heavy atom. The number of carbonyl (C=O) groups is 1. The SMILES string of the molecule is CCN(CC)Cc1ccc(C(=O)N2CCC(c3nc4ccccc4o3)CC2)cc1. The van der Waals surface area contributed by atoms with Crippen molar-refractivity contribution in [3.63, 3.8) is 0 Å². The van der Waals surface area contributed by atoms with Crippen molar-refractivity contribution in [2.75, 3.05) is 26.2 Å². The largest absolute Gasteiger partial charge is 0.440 e. The van der Waals surface area contributed by atoms with Gasteiger partial charge in [0.1, 0.15) is 5.52 Å². The van der Waals surface area contributed by atoms with Crippen molar-refractivity contribution < 1.29 is 9.21 Å². The van der Waals surface area contributed by atoms with Crippen LogP contribution in [-0.4, -0.2) is 46.9 Å². The van der Waals surface area contributed by atoms with Gasteiger partial charge in [0, 0.05) is 31.1 Å². The summed E-state index contributed by atoms with van der Waals surface area (Å²) in [5.74, 6) is 1.21. The lowest BCUT2D eigenvalue weighted by Crippen LogP contribution is -2.38. The molecule has 0 aliphatic carbocycles. The summed E-state index contributed by atoms with van der Waals surface area (Å²) >= 11 is 0. The number of oxazole rings is 1. The molecular weight excluding hydrogens is 362 g/mol. The third-order valence-corrected chi connectivity index (χ3v) is 5.94. The molecule has 0 N–H and O–H groups in total. The maximum Gasteiger partial charge on any atom is 0.253 e. The number of aromatic nitrogens is 1. The Balaban J connectivity index is 1.36. The molecule has 0 saturated carbocycles. The number of rotatable bonds is 6. The van der Waals surface area contributed by atoms with Crippen molar-refractivity contribution in [3.05, 3.63) is 65.5 Å². The zero-order valence-corrected chi connectivity index (χ0v) is 17.3.